The van der Waals surface area contributed by atoms with Gasteiger partial charge in [-0.05, 0) is 6.42 Å². The summed E-state index contributed by atoms with van der Waals surface area (Å²) in [7, 11) is 0. The van der Waals surface area contributed by atoms with Gasteiger partial charge < -0.3 is 0 Å². The van der Waals surface area contributed by atoms with Gasteiger partial charge in [-0.3, -0.25) is 0 Å². The normalized spacial score (nSPS) is 10.1. The van der Waals surface area contributed by atoms with E-state index in [1.54, 1.807) is 4.68 Å². The lowest BCUT2D eigenvalue weighted by Crippen LogP contribution is -2.00. The van der Waals surface area contributed by atoms with Crippen molar-refractivity contribution in [3.05, 3.63) is 10.8 Å². The minimum absolute atomic E-state index is 0.210. The van der Waals surface area contributed by atoms with Gasteiger partial charge in [-0.25, -0.2) is 4.68 Å². The third kappa shape index (κ3) is 2.71. The number of nitriles is 1. The van der Waals surface area contributed by atoms with E-state index >= 15 is 0 Å². The molecular weight excluding hydrogens is 200 g/mol. The Bertz CT molecular complexity index is 326. The van der Waals surface area contributed by atoms with Crippen molar-refractivity contribution in [3.8, 4) is 6.07 Å². The summed E-state index contributed by atoms with van der Waals surface area (Å²) in [5, 5.41) is 16.4. The first-order valence-corrected chi connectivity index (χ1v) is 5.16. The van der Waals surface area contributed by atoms with Gasteiger partial charge in [-0.2, -0.15) is 5.26 Å². The van der Waals surface area contributed by atoms with Crippen molar-refractivity contribution in [1.29, 1.82) is 5.26 Å². The van der Waals surface area contributed by atoms with Crippen LogP contribution in [0.4, 0.5) is 0 Å². The molecule has 0 saturated heterocycles. The monoisotopic (exact) mass is 212 g/mol. The van der Waals surface area contributed by atoms with Gasteiger partial charge in [0.15, 0.2) is 5.15 Å². The van der Waals surface area contributed by atoms with E-state index < -0.39 is 0 Å². The zero-order chi connectivity index (χ0) is 10.4. The van der Waals surface area contributed by atoms with E-state index in [0.29, 0.717) is 5.15 Å². The van der Waals surface area contributed by atoms with E-state index in [4.69, 9.17) is 16.9 Å². The van der Waals surface area contributed by atoms with Crippen LogP contribution in [0.15, 0.2) is 0 Å². The average molecular weight is 213 g/mol. The summed E-state index contributed by atoms with van der Waals surface area (Å²) in [6.07, 6.45) is 4.61. The molecule has 0 aliphatic rings. The van der Waals surface area contributed by atoms with E-state index in [1.807, 2.05) is 6.07 Å². The minimum atomic E-state index is 0.210. The summed E-state index contributed by atoms with van der Waals surface area (Å²) in [6.45, 7) is 2.91. The Morgan fingerprint density at radius 3 is 2.79 bits per heavy atom. The number of hydrogen-bond acceptors (Lipinski definition) is 3. The van der Waals surface area contributed by atoms with E-state index in [-0.39, 0.29) is 5.69 Å². The molecule has 0 radical (unpaired) electrons. The second kappa shape index (κ2) is 5.61. The fourth-order valence-corrected chi connectivity index (χ4v) is 1.40. The summed E-state index contributed by atoms with van der Waals surface area (Å²) >= 11 is 5.85. The molecule has 0 N–H and O–H groups in total. The average Bonchev–Trinajstić information content (AvgIpc) is 2.55. The summed E-state index contributed by atoms with van der Waals surface area (Å²) in [4.78, 5) is 0. The molecule has 0 atom stereocenters. The van der Waals surface area contributed by atoms with Gasteiger partial charge in [0.1, 0.15) is 6.07 Å². The maximum Gasteiger partial charge on any atom is 0.201 e. The molecule has 0 unspecified atom stereocenters. The third-order valence-electron chi connectivity index (χ3n) is 2.00. The van der Waals surface area contributed by atoms with Crippen molar-refractivity contribution in [2.24, 2.45) is 0 Å². The Hall–Kier alpha value is -1.08. The summed E-state index contributed by atoms with van der Waals surface area (Å²) in [5.74, 6) is 0. The Labute approximate surface area is 88.5 Å². The van der Waals surface area contributed by atoms with Crippen LogP contribution in [0.2, 0.25) is 5.15 Å². The van der Waals surface area contributed by atoms with Gasteiger partial charge in [-0.1, -0.05) is 43.0 Å². The van der Waals surface area contributed by atoms with Crippen molar-refractivity contribution >= 4 is 11.6 Å². The first-order valence-electron chi connectivity index (χ1n) is 4.78. The van der Waals surface area contributed by atoms with Gasteiger partial charge in [0.05, 0.1) is 0 Å². The Morgan fingerprint density at radius 1 is 1.43 bits per heavy atom. The maximum absolute atomic E-state index is 8.59. The van der Waals surface area contributed by atoms with Crippen LogP contribution < -0.4 is 0 Å². The fraction of sp³-hybridized carbons (Fsp3) is 0.667. The second-order valence-corrected chi connectivity index (χ2v) is 3.48. The zero-order valence-corrected chi connectivity index (χ0v) is 8.96. The van der Waals surface area contributed by atoms with Crippen molar-refractivity contribution in [2.75, 3.05) is 0 Å². The molecular formula is C9H13ClN4. The third-order valence-corrected chi connectivity index (χ3v) is 2.38. The standard InChI is InChI=1S/C9H13ClN4/c1-2-3-4-5-6-14-9(10)8(7-11)12-13-14/h2-6H2,1H3. The van der Waals surface area contributed by atoms with Gasteiger partial charge in [0.25, 0.3) is 0 Å². The predicted octanol–water partition coefficient (Wildman–Crippen LogP) is 2.38. The molecule has 1 heterocycles. The lowest BCUT2D eigenvalue weighted by Gasteiger charge is -2.00. The molecule has 0 aromatic carbocycles. The molecule has 0 saturated carbocycles. The largest absolute Gasteiger partial charge is 0.232 e. The molecule has 0 amide bonds. The smallest absolute Gasteiger partial charge is 0.201 e. The van der Waals surface area contributed by atoms with Crippen LogP contribution in [0.3, 0.4) is 0 Å². The van der Waals surface area contributed by atoms with Crippen LogP contribution in [0.1, 0.15) is 38.3 Å². The van der Waals surface area contributed by atoms with Crippen LogP contribution >= 0.6 is 11.6 Å². The zero-order valence-electron chi connectivity index (χ0n) is 8.20. The highest BCUT2D eigenvalue weighted by atomic mass is 35.5. The highest BCUT2D eigenvalue weighted by Crippen LogP contribution is 2.12. The molecule has 1 aromatic rings. The lowest BCUT2D eigenvalue weighted by molar-refractivity contribution is 0.528. The Balaban J connectivity index is 2.44. The van der Waals surface area contributed by atoms with Gasteiger partial charge in [0, 0.05) is 6.54 Å². The SMILES string of the molecule is CCCCCCn1nnc(C#N)c1Cl. The van der Waals surface area contributed by atoms with Crippen molar-refractivity contribution in [1.82, 2.24) is 15.0 Å². The fourth-order valence-electron chi connectivity index (χ4n) is 1.20. The van der Waals surface area contributed by atoms with Gasteiger partial charge in [0.2, 0.25) is 5.69 Å². The van der Waals surface area contributed by atoms with E-state index in [0.717, 1.165) is 19.4 Å². The molecule has 0 spiro atoms. The Morgan fingerprint density at radius 2 is 2.21 bits per heavy atom. The number of halogens is 1. The summed E-state index contributed by atoms with van der Waals surface area (Å²) in [6, 6.07) is 1.89. The number of rotatable bonds is 5. The molecule has 4 nitrogen and oxygen atoms in total. The molecule has 76 valence electrons. The number of nitrogens with zero attached hydrogens (tertiary/aromatic N) is 4. The lowest BCUT2D eigenvalue weighted by atomic mass is 10.2. The van der Waals surface area contributed by atoms with Crippen LogP contribution in [0.25, 0.3) is 0 Å². The molecule has 14 heavy (non-hydrogen) atoms. The summed E-state index contributed by atoms with van der Waals surface area (Å²) < 4.78 is 1.58. The number of unbranched alkanes of at least 4 members (excludes halogenated alkanes) is 3. The molecule has 0 fully saturated rings. The first-order chi connectivity index (χ1) is 6.79. The highest BCUT2D eigenvalue weighted by molar-refractivity contribution is 6.30. The van der Waals surface area contributed by atoms with Gasteiger partial charge in [-0.15, -0.1) is 5.10 Å². The molecule has 1 rings (SSSR count). The predicted molar refractivity (Wildman–Crippen MR) is 53.9 cm³/mol. The topological polar surface area (TPSA) is 54.5 Å². The quantitative estimate of drug-likeness (QED) is 0.705. The van der Waals surface area contributed by atoms with Crippen molar-refractivity contribution in [2.45, 2.75) is 39.2 Å². The number of hydrogen-bond donors (Lipinski definition) is 0. The molecule has 0 aliphatic heterocycles. The molecule has 0 aliphatic carbocycles. The van der Waals surface area contributed by atoms with Crippen LogP contribution in [-0.4, -0.2) is 15.0 Å². The first kappa shape index (κ1) is 11.0. The second-order valence-electron chi connectivity index (χ2n) is 3.12. The van der Waals surface area contributed by atoms with E-state index in [2.05, 4.69) is 17.2 Å². The summed E-state index contributed by atoms with van der Waals surface area (Å²) in [5.41, 5.74) is 0.210. The van der Waals surface area contributed by atoms with Crippen molar-refractivity contribution < 1.29 is 0 Å². The highest BCUT2D eigenvalue weighted by Gasteiger charge is 2.08. The minimum Gasteiger partial charge on any atom is -0.232 e. The van der Waals surface area contributed by atoms with Crippen LogP contribution in [0.5, 0.6) is 0 Å². The maximum atomic E-state index is 8.59. The Kier molecular flexibility index (Phi) is 4.41. The number of aromatic nitrogens is 3. The molecule has 0 bridgehead atoms. The molecule has 5 heteroatoms. The van der Waals surface area contributed by atoms with Gasteiger partial charge >= 0.3 is 0 Å². The van der Waals surface area contributed by atoms with Crippen LogP contribution in [0, 0.1) is 11.3 Å². The molecule has 1 aromatic heterocycles. The van der Waals surface area contributed by atoms with Crippen molar-refractivity contribution in [3.63, 3.8) is 0 Å². The van der Waals surface area contributed by atoms with E-state index in [9.17, 15) is 0 Å². The number of aryl methyl sites for hydroxylation is 1. The van der Waals surface area contributed by atoms with Crippen LogP contribution in [-0.2, 0) is 6.54 Å². The van der Waals surface area contributed by atoms with E-state index in [1.165, 1.54) is 12.8 Å².